The van der Waals surface area contributed by atoms with Gasteiger partial charge in [0.25, 0.3) is 0 Å². The maximum Gasteiger partial charge on any atom is 0.0107 e. The second-order valence-corrected chi connectivity index (χ2v) is 4.63. The summed E-state index contributed by atoms with van der Waals surface area (Å²) in [5, 5.41) is 3.54. The van der Waals surface area contributed by atoms with Gasteiger partial charge in [-0.05, 0) is 25.8 Å². The maximum atomic E-state index is 3.54. The fourth-order valence-corrected chi connectivity index (χ4v) is 2.15. The molecule has 0 bridgehead atoms. The molecule has 1 aliphatic rings. The van der Waals surface area contributed by atoms with Crippen LogP contribution in [0.3, 0.4) is 0 Å². The highest BCUT2D eigenvalue weighted by Crippen LogP contribution is 2.11. The molecule has 0 radical (unpaired) electrons. The van der Waals surface area contributed by atoms with Crippen molar-refractivity contribution in [3.05, 3.63) is 0 Å². The molecular weight excluding hydrogens is 172 g/mol. The van der Waals surface area contributed by atoms with E-state index in [-0.39, 0.29) is 0 Å². The normalized spacial score (nSPS) is 25.3. The summed E-state index contributed by atoms with van der Waals surface area (Å²) in [7, 11) is 0. The minimum Gasteiger partial charge on any atom is -0.313 e. The third-order valence-corrected chi connectivity index (χ3v) is 3.47. The zero-order valence-electron chi connectivity index (χ0n) is 10.1. The highest BCUT2D eigenvalue weighted by atomic mass is 15.2. The number of nitrogens with zero attached hydrogens (tertiary/aromatic N) is 1. The fourth-order valence-electron chi connectivity index (χ4n) is 2.15. The van der Waals surface area contributed by atoms with E-state index < -0.39 is 0 Å². The molecule has 0 aromatic rings. The van der Waals surface area contributed by atoms with E-state index in [2.05, 4.69) is 31.0 Å². The third kappa shape index (κ3) is 3.97. The molecule has 1 N–H and O–H groups in total. The van der Waals surface area contributed by atoms with Crippen molar-refractivity contribution in [2.75, 3.05) is 26.2 Å². The van der Waals surface area contributed by atoms with Crippen molar-refractivity contribution in [3.63, 3.8) is 0 Å². The fraction of sp³-hybridized carbons (Fsp3) is 1.00. The quantitative estimate of drug-likeness (QED) is 0.744. The molecule has 84 valence electrons. The van der Waals surface area contributed by atoms with Gasteiger partial charge in [0.05, 0.1) is 0 Å². The zero-order chi connectivity index (χ0) is 10.4. The van der Waals surface area contributed by atoms with Crippen molar-refractivity contribution in [2.45, 2.75) is 46.1 Å². The van der Waals surface area contributed by atoms with Gasteiger partial charge in [-0.3, -0.25) is 0 Å². The summed E-state index contributed by atoms with van der Waals surface area (Å²) in [6.45, 7) is 11.9. The zero-order valence-corrected chi connectivity index (χ0v) is 10.1. The van der Waals surface area contributed by atoms with Crippen LogP contribution >= 0.6 is 0 Å². The van der Waals surface area contributed by atoms with Crippen molar-refractivity contribution in [2.24, 2.45) is 5.92 Å². The topological polar surface area (TPSA) is 15.3 Å². The van der Waals surface area contributed by atoms with Gasteiger partial charge in [0.2, 0.25) is 0 Å². The third-order valence-electron chi connectivity index (χ3n) is 3.47. The van der Waals surface area contributed by atoms with Gasteiger partial charge < -0.3 is 10.2 Å². The minimum atomic E-state index is 0.710. The van der Waals surface area contributed by atoms with Crippen LogP contribution in [0.1, 0.15) is 40.0 Å². The molecular formula is C12H26N2. The highest BCUT2D eigenvalue weighted by molar-refractivity contribution is 4.73. The average Bonchev–Trinajstić information content (AvgIpc) is 2.40. The lowest BCUT2D eigenvalue weighted by Crippen LogP contribution is -2.32. The first-order chi connectivity index (χ1) is 6.76. The van der Waals surface area contributed by atoms with Crippen LogP contribution in [0.4, 0.5) is 0 Å². The van der Waals surface area contributed by atoms with Crippen molar-refractivity contribution in [3.8, 4) is 0 Å². The van der Waals surface area contributed by atoms with Crippen LogP contribution < -0.4 is 5.32 Å². The lowest BCUT2D eigenvalue weighted by atomic mass is 10.0. The van der Waals surface area contributed by atoms with Crippen LogP contribution in [-0.4, -0.2) is 37.1 Å². The number of hydrogen-bond acceptors (Lipinski definition) is 2. The molecule has 14 heavy (non-hydrogen) atoms. The Hall–Kier alpha value is -0.0800. The number of nitrogens with one attached hydrogen (secondary N) is 1. The van der Waals surface area contributed by atoms with Crippen LogP contribution in [0, 0.1) is 5.92 Å². The minimum absolute atomic E-state index is 0.710. The summed E-state index contributed by atoms with van der Waals surface area (Å²) in [5.41, 5.74) is 0. The summed E-state index contributed by atoms with van der Waals surface area (Å²) in [6.07, 6.45) is 3.96. The monoisotopic (exact) mass is 198 g/mol. The first-order valence-corrected chi connectivity index (χ1v) is 6.22. The summed E-state index contributed by atoms with van der Waals surface area (Å²) in [5.74, 6) is 0.906. The Bertz CT molecular complexity index is 143. The molecule has 0 aromatic carbocycles. The second kappa shape index (κ2) is 6.41. The van der Waals surface area contributed by atoms with Crippen molar-refractivity contribution >= 4 is 0 Å². The smallest absolute Gasteiger partial charge is 0.0107 e. The van der Waals surface area contributed by atoms with Gasteiger partial charge >= 0.3 is 0 Å². The number of rotatable bonds is 4. The standard InChI is InChI=1S/C12H26N2/c1-4-12(5-2)10-14-8-6-11(3)13-7-9-14/h11-13H,4-10H2,1-3H3. The molecule has 0 saturated carbocycles. The molecule has 2 nitrogen and oxygen atoms in total. The van der Waals surface area contributed by atoms with Crippen molar-refractivity contribution in [1.82, 2.24) is 10.2 Å². The molecule has 1 atom stereocenters. The molecule has 1 aliphatic heterocycles. The SMILES string of the molecule is CCC(CC)CN1CCNC(C)CC1. The summed E-state index contributed by atoms with van der Waals surface area (Å²) in [4.78, 5) is 2.63. The number of hydrogen-bond donors (Lipinski definition) is 1. The van der Waals surface area contributed by atoms with E-state index in [1.54, 1.807) is 0 Å². The summed E-state index contributed by atoms with van der Waals surface area (Å²) in [6, 6.07) is 0.710. The van der Waals surface area contributed by atoms with Gasteiger partial charge in [0.1, 0.15) is 0 Å². The molecule has 1 heterocycles. The highest BCUT2D eigenvalue weighted by Gasteiger charge is 2.15. The largest absolute Gasteiger partial charge is 0.313 e. The van der Waals surface area contributed by atoms with Crippen LogP contribution in [0.2, 0.25) is 0 Å². The summed E-state index contributed by atoms with van der Waals surface area (Å²) >= 11 is 0. The van der Waals surface area contributed by atoms with E-state index in [0.29, 0.717) is 6.04 Å². The average molecular weight is 198 g/mol. The van der Waals surface area contributed by atoms with E-state index in [9.17, 15) is 0 Å². The Labute approximate surface area is 89.1 Å². The van der Waals surface area contributed by atoms with Crippen LogP contribution in [0.25, 0.3) is 0 Å². The first-order valence-electron chi connectivity index (χ1n) is 6.22. The van der Waals surface area contributed by atoms with Crippen molar-refractivity contribution in [1.29, 1.82) is 0 Å². The van der Waals surface area contributed by atoms with Gasteiger partial charge in [-0.15, -0.1) is 0 Å². The molecule has 0 aromatic heterocycles. The first kappa shape index (κ1) is 12.0. The van der Waals surface area contributed by atoms with E-state index >= 15 is 0 Å². The van der Waals surface area contributed by atoms with Gasteiger partial charge in [-0.25, -0.2) is 0 Å². The van der Waals surface area contributed by atoms with E-state index in [0.717, 1.165) is 5.92 Å². The van der Waals surface area contributed by atoms with Crippen LogP contribution in [0.15, 0.2) is 0 Å². The van der Waals surface area contributed by atoms with Gasteiger partial charge in [-0.2, -0.15) is 0 Å². The molecule has 0 aliphatic carbocycles. The molecule has 1 saturated heterocycles. The lowest BCUT2D eigenvalue weighted by Gasteiger charge is -2.24. The lowest BCUT2D eigenvalue weighted by molar-refractivity contribution is 0.235. The van der Waals surface area contributed by atoms with Crippen molar-refractivity contribution < 1.29 is 0 Å². The predicted octanol–water partition coefficient (Wildman–Crippen LogP) is 2.11. The van der Waals surface area contributed by atoms with Crippen LogP contribution in [0.5, 0.6) is 0 Å². The molecule has 1 rings (SSSR count). The Morgan fingerprint density at radius 2 is 2.00 bits per heavy atom. The molecule has 0 amide bonds. The molecule has 1 unspecified atom stereocenters. The van der Waals surface area contributed by atoms with E-state index in [1.807, 2.05) is 0 Å². The Kier molecular flexibility index (Phi) is 5.49. The molecule has 1 fully saturated rings. The Morgan fingerprint density at radius 1 is 1.29 bits per heavy atom. The summed E-state index contributed by atoms with van der Waals surface area (Å²) < 4.78 is 0. The van der Waals surface area contributed by atoms with E-state index in [1.165, 1.54) is 45.4 Å². The van der Waals surface area contributed by atoms with Gasteiger partial charge in [0, 0.05) is 25.7 Å². The van der Waals surface area contributed by atoms with Gasteiger partial charge in [0.15, 0.2) is 0 Å². The Balaban J connectivity index is 2.29. The van der Waals surface area contributed by atoms with E-state index in [4.69, 9.17) is 0 Å². The predicted molar refractivity (Wildman–Crippen MR) is 62.6 cm³/mol. The Morgan fingerprint density at radius 3 is 2.64 bits per heavy atom. The van der Waals surface area contributed by atoms with Gasteiger partial charge in [-0.1, -0.05) is 26.7 Å². The van der Waals surface area contributed by atoms with Crippen LogP contribution in [-0.2, 0) is 0 Å². The second-order valence-electron chi connectivity index (χ2n) is 4.63. The molecule has 2 heteroatoms. The molecule has 0 spiro atoms. The maximum absolute atomic E-state index is 3.54.